The number of rotatable bonds is 4. The van der Waals surface area contributed by atoms with Crippen molar-refractivity contribution in [1.82, 2.24) is 4.90 Å². The fourth-order valence-electron chi connectivity index (χ4n) is 2.41. The van der Waals surface area contributed by atoms with Crippen LogP contribution >= 0.6 is 0 Å². The lowest BCUT2D eigenvalue weighted by Gasteiger charge is -2.11. The summed E-state index contributed by atoms with van der Waals surface area (Å²) in [5.41, 5.74) is 4.17. The predicted molar refractivity (Wildman–Crippen MR) is 80.4 cm³/mol. The molecule has 1 aromatic rings. The van der Waals surface area contributed by atoms with Crippen molar-refractivity contribution in [1.29, 1.82) is 0 Å². The summed E-state index contributed by atoms with van der Waals surface area (Å²) < 4.78 is 5.17. The summed E-state index contributed by atoms with van der Waals surface area (Å²) >= 11 is 0. The fourth-order valence-corrected chi connectivity index (χ4v) is 2.41. The maximum absolute atomic E-state index is 5.17. The highest BCUT2D eigenvalue weighted by Crippen LogP contribution is 2.19. The van der Waals surface area contributed by atoms with Gasteiger partial charge in [-0.1, -0.05) is 23.8 Å². The maximum Gasteiger partial charge on any atom is 0.118 e. The number of hydrogen-bond donors (Lipinski definition) is 0. The lowest BCUT2D eigenvalue weighted by atomic mass is 10.1. The Morgan fingerprint density at radius 2 is 2.05 bits per heavy atom. The number of benzene rings is 1. The summed E-state index contributed by atoms with van der Waals surface area (Å²) in [6.45, 7) is 3.38. The smallest absolute Gasteiger partial charge is 0.118 e. The van der Waals surface area contributed by atoms with E-state index in [0.717, 1.165) is 12.2 Å². The number of hydrogen-bond acceptors (Lipinski definition) is 2. The Morgan fingerprint density at radius 1 is 1.32 bits per heavy atom. The van der Waals surface area contributed by atoms with E-state index in [1.807, 2.05) is 12.1 Å². The average molecular weight is 257 g/mol. The van der Waals surface area contributed by atoms with Crippen LogP contribution in [0.5, 0.6) is 5.75 Å². The van der Waals surface area contributed by atoms with Gasteiger partial charge in [0.1, 0.15) is 5.75 Å². The molecule has 0 spiro atoms. The Hall–Kier alpha value is -1.70. The van der Waals surface area contributed by atoms with Gasteiger partial charge in [-0.15, -0.1) is 0 Å². The molecule has 0 radical (unpaired) electrons. The Balaban J connectivity index is 1.97. The molecule has 1 aliphatic heterocycles. The molecule has 1 saturated heterocycles. The van der Waals surface area contributed by atoms with Crippen molar-refractivity contribution < 1.29 is 4.74 Å². The Labute approximate surface area is 116 Å². The van der Waals surface area contributed by atoms with Gasteiger partial charge >= 0.3 is 0 Å². The minimum atomic E-state index is 0.917. The summed E-state index contributed by atoms with van der Waals surface area (Å²) in [6.07, 6.45) is 8.02. The van der Waals surface area contributed by atoms with Crippen molar-refractivity contribution in [2.24, 2.45) is 0 Å². The Kier molecular flexibility index (Phi) is 4.67. The number of likely N-dealkylation sites (tertiary alicyclic amines) is 1. The second-order valence-electron chi connectivity index (χ2n) is 5.22. The van der Waals surface area contributed by atoms with Gasteiger partial charge in [0, 0.05) is 19.3 Å². The second kappa shape index (κ2) is 6.46. The second-order valence-corrected chi connectivity index (χ2v) is 5.22. The van der Waals surface area contributed by atoms with Crippen LogP contribution in [-0.2, 0) is 6.42 Å². The van der Waals surface area contributed by atoms with E-state index in [9.17, 15) is 0 Å². The molecule has 2 heteroatoms. The molecule has 0 aliphatic carbocycles. The van der Waals surface area contributed by atoms with Gasteiger partial charge in [0.15, 0.2) is 0 Å². The molecule has 0 saturated carbocycles. The van der Waals surface area contributed by atoms with Crippen molar-refractivity contribution in [3.8, 4) is 5.75 Å². The van der Waals surface area contributed by atoms with Gasteiger partial charge in [0.05, 0.1) is 7.11 Å². The van der Waals surface area contributed by atoms with E-state index >= 15 is 0 Å². The molecule has 2 nitrogen and oxygen atoms in total. The lowest BCUT2D eigenvalue weighted by Crippen LogP contribution is -2.09. The highest BCUT2D eigenvalue weighted by atomic mass is 16.5. The molecule has 0 aromatic heterocycles. The van der Waals surface area contributed by atoms with Crippen molar-refractivity contribution in [2.45, 2.75) is 26.2 Å². The van der Waals surface area contributed by atoms with Gasteiger partial charge in [-0.05, 0) is 50.0 Å². The standard InChI is InChI=1S/C17H23NO/c1-14(6-9-16-5-4-12-18(16)2)13-15-7-10-17(19-3)11-8-15/h6-11H,4-5,12-13H2,1-3H3/b14-6-,16-9-. The van der Waals surface area contributed by atoms with E-state index in [-0.39, 0.29) is 0 Å². The average Bonchev–Trinajstić information content (AvgIpc) is 2.83. The van der Waals surface area contributed by atoms with Gasteiger partial charge in [-0.25, -0.2) is 0 Å². The molecule has 102 valence electrons. The minimum absolute atomic E-state index is 0.917. The molecule has 1 fully saturated rings. The van der Waals surface area contributed by atoms with Crippen LogP contribution in [0.25, 0.3) is 0 Å². The zero-order valence-corrected chi connectivity index (χ0v) is 12.1. The van der Waals surface area contributed by atoms with Crippen LogP contribution in [-0.4, -0.2) is 25.6 Å². The van der Waals surface area contributed by atoms with Gasteiger partial charge in [-0.3, -0.25) is 0 Å². The van der Waals surface area contributed by atoms with E-state index < -0.39 is 0 Å². The third-order valence-electron chi connectivity index (χ3n) is 3.62. The number of nitrogens with zero attached hydrogens (tertiary/aromatic N) is 1. The summed E-state index contributed by atoms with van der Waals surface area (Å²) in [7, 11) is 3.87. The molecule has 1 aromatic carbocycles. The first-order valence-corrected chi connectivity index (χ1v) is 6.89. The molecule has 2 rings (SSSR count). The molecule has 0 amide bonds. The summed E-state index contributed by atoms with van der Waals surface area (Å²) in [5, 5.41) is 0. The van der Waals surface area contributed by atoms with E-state index in [4.69, 9.17) is 4.74 Å². The molecular formula is C17H23NO. The van der Waals surface area contributed by atoms with Crippen molar-refractivity contribution in [3.05, 3.63) is 53.3 Å². The molecular weight excluding hydrogens is 234 g/mol. The van der Waals surface area contributed by atoms with Crippen molar-refractivity contribution in [2.75, 3.05) is 20.7 Å². The Bertz CT molecular complexity index is 471. The molecule has 0 bridgehead atoms. The highest BCUT2D eigenvalue weighted by molar-refractivity contribution is 5.30. The van der Waals surface area contributed by atoms with Crippen LogP contribution < -0.4 is 4.74 Å². The zero-order valence-electron chi connectivity index (χ0n) is 12.1. The molecule has 0 atom stereocenters. The van der Waals surface area contributed by atoms with Gasteiger partial charge < -0.3 is 9.64 Å². The molecule has 0 N–H and O–H groups in total. The highest BCUT2D eigenvalue weighted by Gasteiger charge is 2.10. The minimum Gasteiger partial charge on any atom is -0.497 e. The summed E-state index contributed by atoms with van der Waals surface area (Å²) in [5.74, 6) is 0.917. The summed E-state index contributed by atoms with van der Waals surface area (Å²) in [4.78, 5) is 2.34. The first-order valence-electron chi connectivity index (χ1n) is 6.89. The predicted octanol–water partition coefficient (Wildman–Crippen LogP) is 3.79. The molecule has 19 heavy (non-hydrogen) atoms. The fraction of sp³-hybridized carbons (Fsp3) is 0.412. The van der Waals surface area contributed by atoms with Crippen LogP contribution in [0.4, 0.5) is 0 Å². The maximum atomic E-state index is 5.17. The molecule has 0 unspecified atom stereocenters. The topological polar surface area (TPSA) is 12.5 Å². The molecule has 1 aliphatic rings. The third-order valence-corrected chi connectivity index (χ3v) is 3.62. The number of allylic oxidation sites excluding steroid dienone is 4. The summed E-state index contributed by atoms with van der Waals surface area (Å²) in [6, 6.07) is 8.30. The van der Waals surface area contributed by atoms with Gasteiger partial charge in [0.2, 0.25) is 0 Å². The SMILES string of the molecule is COc1ccc(C/C(C)=C\C=C2\CCCN2C)cc1. The lowest BCUT2D eigenvalue weighted by molar-refractivity contribution is 0.414. The van der Waals surface area contributed by atoms with E-state index in [0.29, 0.717) is 0 Å². The van der Waals surface area contributed by atoms with E-state index in [2.05, 4.69) is 43.2 Å². The quantitative estimate of drug-likeness (QED) is 0.813. The first-order chi connectivity index (χ1) is 9.19. The first kappa shape index (κ1) is 13.7. The van der Waals surface area contributed by atoms with Gasteiger partial charge in [-0.2, -0.15) is 0 Å². The normalized spacial score (nSPS) is 18.2. The van der Waals surface area contributed by atoms with Crippen LogP contribution in [0.2, 0.25) is 0 Å². The number of methoxy groups -OCH3 is 1. The zero-order chi connectivity index (χ0) is 13.7. The van der Waals surface area contributed by atoms with E-state index in [1.54, 1.807) is 7.11 Å². The van der Waals surface area contributed by atoms with Crippen LogP contribution in [0.1, 0.15) is 25.3 Å². The van der Waals surface area contributed by atoms with Crippen LogP contribution in [0.3, 0.4) is 0 Å². The number of ether oxygens (including phenoxy) is 1. The monoisotopic (exact) mass is 257 g/mol. The Morgan fingerprint density at radius 3 is 2.63 bits per heavy atom. The largest absolute Gasteiger partial charge is 0.497 e. The van der Waals surface area contributed by atoms with Crippen molar-refractivity contribution in [3.63, 3.8) is 0 Å². The van der Waals surface area contributed by atoms with Crippen LogP contribution in [0.15, 0.2) is 47.7 Å². The third kappa shape index (κ3) is 3.88. The van der Waals surface area contributed by atoms with Crippen molar-refractivity contribution >= 4 is 0 Å². The van der Waals surface area contributed by atoms with Gasteiger partial charge in [0.25, 0.3) is 0 Å². The van der Waals surface area contributed by atoms with E-state index in [1.165, 1.54) is 36.2 Å². The van der Waals surface area contributed by atoms with Crippen LogP contribution in [0, 0.1) is 0 Å². The molecule has 1 heterocycles.